The van der Waals surface area contributed by atoms with Crippen LogP contribution in [0.1, 0.15) is 82.9 Å². The standard InChI is InChI=1S/C32H42BrN3O7/c1-31(2,3)43-27(39)17-18-32(30(40)36-35-22-11-13-23(38)14-12-22)28(25-7-4-5-8-26(25)33)42-29(34-32)21-9-15-24(16-10-21)41-20-6-19-37/h4-5,7-10,15-16,22-23,28,35,37-38H,6,11-14,17-20H2,1-3H3,(H,36,40)/t22?,23?,28-,32-/m0/s1. The number of halogens is 1. The molecule has 2 aromatic carbocycles. The lowest BCUT2D eigenvalue weighted by molar-refractivity contribution is -0.155. The summed E-state index contributed by atoms with van der Waals surface area (Å²) in [6.45, 7) is 5.83. The van der Waals surface area contributed by atoms with Crippen LogP contribution in [0.5, 0.6) is 5.75 Å². The molecule has 0 saturated heterocycles. The number of benzene rings is 2. The minimum absolute atomic E-state index is 0.00122. The van der Waals surface area contributed by atoms with E-state index in [1.165, 1.54) is 0 Å². The van der Waals surface area contributed by atoms with Gasteiger partial charge in [-0.15, -0.1) is 0 Å². The van der Waals surface area contributed by atoms with Crippen molar-refractivity contribution in [2.45, 2.75) is 95.1 Å². The molecule has 1 fully saturated rings. The Kier molecular flexibility index (Phi) is 11.2. The molecule has 2 aliphatic rings. The van der Waals surface area contributed by atoms with Crippen molar-refractivity contribution in [3.8, 4) is 5.75 Å². The van der Waals surface area contributed by atoms with E-state index in [1.807, 2.05) is 24.3 Å². The fourth-order valence-electron chi connectivity index (χ4n) is 5.22. The van der Waals surface area contributed by atoms with Crippen molar-refractivity contribution in [3.05, 3.63) is 64.1 Å². The molecule has 4 rings (SSSR count). The van der Waals surface area contributed by atoms with Gasteiger partial charge in [0.1, 0.15) is 11.4 Å². The van der Waals surface area contributed by atoms with Crippen molar-refractivity contribution in [1.82, 2.24) is 10.9 Å². The third-order valence-corrected chi connectivity index (χ3v) is 8.16. The molecule has 11 heteroatoms. The second kappa shape index (κ2) is 14.7. The van der Waals surface area contributed by atoms with Crippen molar-refractivity contribution < 1.29 is 34.0 Å². The Morgan fingerprint density at radius 2 is 1.79 bits per heavy atom. The van der Waals surface area contributed by atoms with E-state index in [9.17, 15) is 14.7 Å². The first-order chi connectivity index (χ1) is 20.5. The van der Waals surface area contributed by atoms with Gasteiger partial charge in [-0.2, -0.15) is 0 Å². The molecule has 1 saturated carbocycles. The van der Waals surface area contributed by atoms with Gasteiger partial charge in [0, 0.05) is 41.1 Å². The summed E-state index contributed by atoms with van der Waals surface area (Å²) in [5.74, 6) is 0.0337. The molecule has 0 spiro atoms. The Hall–Kier alpha value is -2.99. The number of hydrazine groups is 1. The molecular formula is C32H42BrN3O7. The zero-order valence-electron chi connectivity index (χ0n) is 25.0. The SMILES string of the molecule is CC(C)(C)OC(=O)CC[C@]1(C(=O)NNC2CCC(O)CC2)N=C(c2ccc(OCCCO)cc2)O[C@H]1c1ccccc1Br. The summed E-state index contributed by atoms with van der Waals surface area (Å²) in [6.07, 6.45) is 2.08. The van der Waals surface area contributed by atoms with Crippen molar-refractivity contribution in [3.63, 3.8) is 0 Å². The lowest BCUT2D eigenvalue weighted by atomic mass is 9.83. The Balaban J connectivity index is 1.68. The van der Waals surface area contributed by atoms with Crippen LogP contribution in [0, 0.1) is 0 Å². The molecule has 1 heterocycles. The smallest absolute Gasteiger partial charge is 0.306 e. The Labute approximate surface area is 261 Å². The lowest BCUT2D eigenvalue weighted by Gasteiger charge is -2.33. The average Bonchev–Trinajstić information content (AvgIpc) is 3.36. The van der Waals surface area contributed by atoms with E-state index in [-0.39, 0.29) is 37.5 Å². The van der Waals surface area contributed by atoms with Crippen LogP contribution in [0.4, 0.5) is 0 Å². The zero-order valence-corrected chi connectivity index (χ0v) is 26.6. The molecule has 1 aliphatic heterocycles. The molecule has 2 atom stereocenters. The van der Waals surface area contributed by atoms with Crippen LogP contribution >= 0.6 is 15.9 Å². The van der Waals surface area contributed by atoms with Crippen LogP contribution in [0.3, 0.4) is 0 Å². The topological polar surface area (TPSA) is 139 Å². The maximum atomic E-state index is 14.2. The highest BCUT2D eigenvalue weighted by molar-refractivity contribution is 9.10. The van der Waals surface area contributed by atoms with Gasteiger partial charge in [0.25, 0.3) is 5.91 Å². The number of aliphatic imine (C=N–C) groups is 1. The third-order valence-electron chi connectivity index (χ3n) is 7.43. The van der Waals surface area contributed by atoms with Gasteiger partial charge in [-0.1, -0.05) is 34.1 Å². The van der Waals surface area contributed by atoms with Crippen LogP contribution in [0.25, 0.3) is 0 Å². The fourth-order valence-corrected chi connectivity index (χ4v) is 5.71. The highest BCUT2D eigenvalue weighted by Gasteiger charge is 2.54. The molecule has 2 aromatic rings. The summed E-state index contributed by atoms with van der Waals surface area (Å²) < 4.78 is 18.5. The van der Waals surface area contributed by atoms with Gasteiger partial charge in [-0.3, -0.25) is 15.0 Å². The van der Waals surface area contributed by atoms with E-state index in [4.69, 9.17) is 24.3 Å². The molecule has 0 radical (unpaired) electrons. The quantitative estimate of drug-likeness (QED) is 0.148. The van der Waals surface area contributed by atoms with Crippen molar-refractivity contribution in [1.29, 1.82) is 0 Å². The number of rotatable bonds is 12. The Morgan fingerprint density at radius 3 is 2.44 bits per heavy atom. The van der Waals surface area contributed by atoms with Gasteiger partial charge in [0.2, 0.25) is 5.90 Å². The number of esters is 1. The largest absolute Gasteiger partial charge is 0.494 e. The minimum atomic E-state index is -1.51. The van der Waals surface area contributed by atoms with Crippen molar-refractivity contribution in [2.75, 3.05) is 13.2 Å². The summed E-state index contributed by atoms with van der Waals surface area (Å²) in [5, 5.41) is 18.9. The number of hydrogen-bond acceptors (Lipinski definition) is 9. The van der Waals surface area contributed by atoms with E-state index >= 15 is 0 Å². The highest BCUT2D eigenvalue weighted by atomic mass is 79.9. The number of carbonyl (C=O) groups excluding carboxylic acids is 2. The third kappa shape index (κ3) is 8.78. The average molecular weight is 661 g/mol. The van der Waals surface area contributed by atoms with Crippen LogP contribution in [-0.2, 0) is 19.1 Å². The first kappa shape index (κ1) is 32.9. The molecule has 1 amide bonds. The number of carbonyl (C=O) groups is 2. The van der Waals surface area contributed by atoms with E-state index in [0.29, 0.717) is 42.7 Å². The summed E-state index contributed by atoms with van der Waals surface area (Å²) in [4.78, 5) is 32.1. The number of aliphatic hydroxyl groups is 2. The van der Waals surface area contributed by atoms with E-state index in [2.05, 4.69) is 26.8 Å². The molecule has 1 aliphatic carbocycles. The van der Waals surface area contributed by atoms with Crippen LogP contribution in [0.2, 0.25) is 0 Å². The number of aliphatic hydroxyl groups excluding tert-OH is 2. The van der Waals surface area contributed by atoms with Crippen LogP contribution < -0.4 is 15.6 Å². The minimum Gasteiger partial charge on any atom is -0.494 e. The zero-order chi connectivity index (χ0) is 31.0. The van der Waals surface area contributed by atoms with Gasteiger partial charge in [-0.05, 0) is 83.2 Å². The van der Waals surface area contributed by atoms with Crippen molar-refractivity contribution in [2.24, 2.45) is 4.99 Å². The molecule has 234 valence electrons. The number of hydrogen-bond donors (Lipinski definition) is 4. The predicted molar refractivity (Wildman–Crippen MR) is 165 cm³/mol. The number of nitrogens with zero attached hydrogens (tertiary/aromatic N) is 1. The first-order valence-corrected chi connectivity index (χ1v) is 15.6. The molecule has 0 aromatic heterocycles. The number of ether oxygens (including phenoxy) is 3. The first-order valence-electron chi connectivity index (χ1n) is 14.8. The molecule has 0 bridgehead atoms. The second-order valence-corrected chi connectivity index (χ2v) is 12.9. The summed E-state index contributed by atoms with van der Waals surface area (Å²) in [5.41, 5.74) is 5.21. The highest BCUT2D eigenvalue weighted by Crippen LogP contribution is 2.45. The second-order valence-electron chi connectivity index (χ2n) is 12.0. The lowest BCUT2D eigenvalue weighted by Crippen LogP contribution is -2.55. The fraction of sp³-hybridized carbons (Fsp3) is 0.531. The summed E-state index contributed by atoms with van der Waals surface area (Å²) >= 11 is 3.62. The van der Waals surface area contributed by atoms with E-state index in [1.54, 1.807) is 45.0 Å². The molecule has 4 N–H and O–H groups in total. The molecule has 10 nitrogen and oxygen atoms in total. The van der Waals surface area contributed by atoms with Gasteiger partial charge in [-0.25, -0.2) is 10.4 Å². The maximum absolute atomic E-state index is 14.2. The normalized spacial score (nSPS) is 23.7. The summed E-state index contributed by atoms with van der Waals surface area (Å²) in [7, 11) is 0. The van der Waals surface area contributed by atoms with Crippen LogP contribution in [-0.4, -0.2) is 64.5 Å². The van der Waals surface area contributed by atoms with Crippen LogP contribution in [0.15, 0.2) is 58.0 Å². The Morgan fingerprint density at radius 1 is 1.09 bits per heavy atom. The van der Waals surface area contributed by atoms with Gasteiger partial charge < -0.3 is 24.4 Å². The number of amides is 1. The predicted octanol–water partition coefficient (Wildman–Crippen LogP) is 4.51. The van der Waals surface area contributed by atoms with Gasteiger partial charge in [0.05, 0.1) is 12.7 Å². The Bertz CT molecular complexity index is 1270. The monoisotopic (exact) mass is 659 g/mol. The van der Waals surface area contributed by atoms with Gasteiger partial charge >= 0.3 is 5.97 Å². The molecule has 43 heavy (non-hydrogen) atoms. The maximum Gasteiger partial charge on any atom is 0.306 e. The van der Waals surface area contributed by atoms with E-state index < -0.39 is 29.1 Å². The molecular weight excluding hydrogens is 618 g/mol. The van der Waals surface area contributed by atoms with Gasteiger partial charge in [0.15, 0.2) is 11.6 Å². The molecule has 0 unspecified atom stereocenters. The summed E-state index contributed by atoms with van der Waals surface area (Å²) in [6, 6.07) is 14.7. The number of nitrogens with one attached hydrogen (secondary N) is 2. The van der Waals surface area contributed by atoms with E-state index in [0.717, 1.165) is 17.3 Å². The van der Waals surface area contributed by atoms with Crippen molar-refractivity contribution >= 4 is 33.7 Å².